The standard InChI is InChI=1S/C21H19ClFNO2/c22-16-6-5-12(9-17(16)23)20-8-7-15(13-3-1-2-4-14(13)20)21(19(25)26)11-24-10-18(20)21/h1-6,9,15,18,24H,7-8,10-11H2,(H,25,26). The summed E-state index contributed by atoms with van der Waals surface area (Å²) in [6.07, 6.45) is 1.63. The molecule has 26 heavy (non-hydrogen) atoms. The molecule has 4 aliphatic rings. The smallest absolute Gasteiger partial charge is 0.311 e. The first kappa shape index (κ1) is 16.3. The molecule has 2 N–H and O–H groups in total. The number of rotatable bonds is 2. The molecule has 2 aromatic carbocycles. The molecule has 1 heterocycles. The SMILES string of the molecule is O=C(O)C12CNCC1C1(c3ccc(Cl)c(F)c3)CCC2c2ccccc21. The average Bonchev–Trinajstić information content (AvgIpc) is 3.12. The van der Waals surface area contributed by atoms with E-state index >= 15 is 0 Å². The molecule has 3 nitrogen and oxygen atoms in total. The lowest BCUT2D eigenvalue weighted by Gasteiger charge is -2.59. The molecule has 2 fully saturated rings. The van der Waals surface area contributed by atoms with Gasteiger partial charge in [-0.3, -0.25) is 4.79 Å². The van der Waals surface area contributed by atoms with Crippen LogP contribution in [0.15, 0.2) is 42.5 Å². The largest absolute Gasteiger partial charge is 0.481 e. The Labute approximate surface area is 156 Å². The number of benzene rings is 2. The number of carboxylic acids is 1. The third-order valence-electron chi connectivity index (χ3n) is 7.08. The Kier molecular flexibility index (Phi) is 3.32. The van der Waals surface area contributed by atoms with Crippen LogP contribution in [-0.4, -0.2) is 24.2 Å². The van der Waals surface area contributed by atoms with Crippen LogP contribution < -0.4 is 5.32 Å². The molecule has 6 rings (SSSR count). The summed E-state index contributed by atoms with van der Waals surface area (Å²) in [5.74, 6) is -1.31. The predicted molar refractivity (Wildman–Crippen MR) is 97.0 cm³/mol. The number of hydrogen-bond donors (Lipinski definition) is 2. The van der Waals surface area contributed by atoms with E-state index in [2.05, 4.69) is 17.4 Å². The molecule has 1 aliphatic heterocycles. The Morgan fingerprint density at radius 2 is 2.08 bits per heavy atom. The van der Waals surface area contributed by atoms with Gasteiger partial charge in [0.15, 0.2) is 0 Å². The molecule has 4 atom stereocenters. The molecule has 2 bridgehead atoms. The van der Waals surface area contributed by atoms with E-state index in [1.165, 1.54) is 6.07 Å². The van der Waals surface area contributed by atoms with Gasteiger partial charge < -0.3 is 10.4 Å². The highest BCUT2D eigenvalue weighted by molar-refractivity contribution is 6.30. The summed E-state index contributed by atoms with van der Waals surface area (Å²) in [5, 5.41) is 13.7. The van der Waals surface area contributed by atoms with E-state index in [0.717, 1.165) is 29.5 Å². The van der Waals surface area contributed by atoms with Gasteiger partial charge in [-0.15, -0.1) is 0 Å². The van der Waals surface area contributed by atoms with Crippen molar-refractivity contribution in [2.24, 2.45) is 11.3 Å². The van der Waals surface area contributed by atoms with Gasteiger partial charge in [0, 0.05) is 30.3 Å². The topological polar surface area (TPSA) is 49.3 Å². The second kappa shape index (κ2) is 5.30. The molecule has 5 heteroatoms. The summed E-state index contributed by atoms with van der Waals surface area (Å²) < 4.78 is 14.4. The minimum atomic E-state index is -0.845. The maximum Gasteiger partial charge on any atom is 0.311 e. The number of carboxylic acid groups (broad SMARTS) is 1. The molecule has 2 aromatic rings. The fourth-order valence-electron chi connectivity index (χ4n) is 6.12. The maximum absolute atomic E-state index is 14.4. The second-order valence-electron chi connectivity index (χ2n) is 7.81. The fraction of sp³-hybridized carbons (Fsp3) is 0.381. The monoisotopic (exact) mass is 371 g/mol. The molecule has 4 unspecified atom stereocenters. The van der Waals surface area contributed by atoms with Crippen LogP contribution in [0.1, 0.15) is 35.4 Å². The van der Waals surface area contributed by atoms with E-state index in [1.54, 1.807) is 6.07 Å². The molecular formula is C21H19ClFNO2. The summed E-state index contributed by atoms with van der Waals surface area (Å²) >= 11 is 5.93. The minimum Gasteiger partial charge on any atom is -0.481 e. The molecular weight excluding hydrogens is 353 g/mol. The van der Waals surface area contributed by atoms with Crippen LogP contribution in [0.5, 0.6) is 0 Å². The van der Waals surface area contributed by atoms with Crippen molar-refractivity contribution in [1.29, 1.82) is 0 Å². The number of carbonyl (C=O) groups is 1. The van der Waals surface area contributed by atoms with Crippen molar-refractivity contribution in [3.63, 3.8) is 0 Å². The van der Waals surface area contributed by atoms with Crippen LogP contribution in [0.25, 0.3) is 0 Å². The zero-order valence-corrected chi connectivity index (χ0v) is 14.9. The van der Waals surface area contributed by atoms with E-state index in [-0.39, 0.29) is 16.9 Å². The van der Waals surface area contributed by atoms with Crippen molar-refractivity contribution in [1.82, 2.24) is 5.32 Å². The number of aliphatic carboxylic acids is 1. The van der Waals surface area contributed by atoms with Gasteiger partial charge in [-0.1, -0.05) is 41.9 Å². The molecule has 1 saturated heterocycles. The average molecular weight is 372 g/mol. The van der Waals surface area contributed by atoms with E-state index in [9.17, 15) is 14.3 Å². The predicted octanol–water partition coefficient (Wildman–Crippen LogP) is 3.95. The van der Waals surface area contributed by atoms with E-state index in [1.807, 2.05) is 18.2 Å². The Morgan fingerprint density at radius 3 is 2.85 bits per heavy atom. The van der Waals surface area contributed by atoms with Crippen molar-refractivity contribution in [3.8, 4) is 0 Å². The third-order valence-corrected chi connectivity index (χ3v) is 7.39. The molecule has 0 aromatic heterocycles. The second-order valence-corrected chi connectivity index (χ2v) is 8.21. The first-order valence-corrected chi connectivity index (χ1v) is 9.38. The Morgan fingerprint density at radius 1 is 1.27 bits per heavy atom. The maximum atomic E-state index is 14.4. The van der Waals surface area contributed by atoms with Gasteiger partial charge >= 0.3 is 5.97 Å². The number of fused-ring (bicyclic) bond motifs is 1. The van der Waals surface area contributed by atoms with Crippen molar-refractivity contribution >= 4 is 17.6 Å². The van der Waals surface area contributed by atoms with Crippen molar-refractivity contribution in [2.75, 3.05) is 13.1 Å². The zero-order valence-electron chi connectivity index (χ0n) is 14.1. The minimum absolute atomic E-state index is 0.00442. The van der Waals surface area contributed by atoms with Gasteiger partial charge in [0.2, 0.25) is 0 Å². The summed E-state index contributed by atoms with van der Waals surface area (Å²) in [7, 11) is 0. The highest BCUT2D eigenvalue weighted by Gasteiger charge is 2.68. The van der Waals surface area contributed by atoms with Crippen molar-refractivity contribution in [3.05, 3.63) is 70.0 Å². The Hall–Kier alpha value is -1.91. The van der Waals surface area contributed by atoms with Gasteiger partial charge in [-0.25, -0.2) is 4.39 Å². The molecule has 3 aliphatic carbocycles. The summed E-state index contributed by atoms with van der Waals surface area (Å²) in [5.41, 5.74) is 1.76. The van der Waals surface area contributed by atoms with Gasteiger partial charge in [0.25, 0.3) is 0 Å². The molecule has 1 saturated carbocycles. The van der Waals surface area contributed by atoms with E-state index < -0.39 is 22.6 Å². The van der Waals surface area contributed by atoms with E-state index in [4.69, 9.17) is 11.6 Å². The molecule has 0 spiro atoms. The van der Waals surface area contributed by atoms with Crippen molar-refractivity contribution < 1.29 is 14.3 Å². The lowest BCUT2D eigenvalue weighted by atomic mass is 9.42. The van der Waals surface area contributed by atoms with Gasteiger partial charge in [-0.05, 0) is 41.7 Å². The van der Waals surface area contributed by atoms with Gasteiger partial charge in [0.05, 0.1) is 10.4 Å². The summed E-state index contributed by atoms with van der Waals surface area (Å²) in [6, 6.07) is 13.1. The van der Waals surface area contributed by atoms with Crippen LogP contribution in [0, 0.1) is 17.2 Å². The van der Waals surface area contributed by atoms with Crippen LogP contribution in [0.2, 0.25) is 5.02 Å². The lowest BCUT2D eigenvalue weighted by molar-refractivity contribution is -0.157. The van der Waals surface area contributed by atoms with Crippen LogP contribution in [0.4, 0.5) is 4.39 Å². The molecule has 0 amide bonds. The number of halogens is 2. The van der Waals surface area contributed by atoms with Crippen LogP contribution in [-0.2, 0) is 10.2 Å². The first-order valence-electron chi connectivity index (χ1n) is 9.01. The van der Waals surface area contributed by atoms with E-state index in [0.29, 0.717) is 13.1 Å². The first-order chi connectivity index (χ1) is 12.5. The molecule has 0 radical (unpaired) electrons. The summed E-state index contributed by atoms with van der Waals surface area (Å²) in [6.45, 7) is 1.09. The Bertz CT molecular complexity index is 932. The van der Waals surface area contributed by atoms with Gasteiger partial charge in [0.1, 0.15) is 5.82 Å². The normalized spacial score (nSPS) is 34.4. The highest BCUT2D eigenvalue weighted by atomic mass is 35.5. The number of hydrogen-bond acceptors (Lipinski definition) is 2. The van der Waals surface area contributed by atoms with Crippen molar-refractivity contribution in [2.45, 2.75) is 24.2 Å². The molecule has 134 valence electrons. The lowest BCUT2D eigenvalue weighted by Crippen LogP contribution is -2.60. The Balaban J connectivity index is 1.85. The number of nitrogens with one attached hydrogen (secondary N) is 1. The zero-order chi connectivity index (χ0) is 18.1. The fourth-order valence-corrected chi connectivity index (χ4v) is 6.24. The third kappa shape index (κ3) is 1.74. The highest BCUT2D eigenvalue weighted by Crippen LogP contribution is 2.67. The quantitative estimate of drug-likeness (QED) is 0.840. The van der Waals surface area contributed by atoms with Gasteiger partial charge in [-0.2, -0.15) is 0 Å². The summed E-state index contributed by atoms with van der Waals surface area (Å²) in [4.78, 5) is 12.5. The van der Waals surface area contributed by atoms with Crippen LogP contribution in [0.3, 0.4) is 0 Å². The van der Waals surface area contributed by atoms with Crippen LogP contribution >= 0.6 is 11.6 Å².